The van der Waals surface area contributed by atoms with Crippen LogP contribution in [0, 0.1) is 12.7 Å². The Bertz CT molecular complexity index is 1120. The lowest BCUT2D eigenvalue weighted by atomic mass is 10.1. The van der Waals surface area contributed by atoms with Crippen LogP contribution in [-0.4, -0.2) is 33.4 Å². The van der Waals surface area contributed by atoms with Gasteiger partial charge in [-0.05, 0) is 55.8 Å². The summed E-state index contributed by atoms with van der Waals surface area (Å²) in [6.07, 6.45) is -4.97. The third kappa shape index (κ3) is 4.71. The summed E-state index contributed by atoms with van der Waals surface area (Å²) in [6.45, 7) is 3.74. The zero-order valence-electron chi connectivity index (χ0n) is 16.4. The van der Waals surface area contributed by atoms with Gasteiger partial charge in [-0.25, -0.2) is 9.07 Å². The second-order valence-corrected chi connectivity index (χ2v) is 6.52. The fraction of sp³-hybridized carbons (Fsp3) is 0.200. The number of carbonyl (C=O) groups is 2. The van der Waals surface area contributed by atoms with Gasteiger partial charge in [-0.3, -0.25) is 9.59 Å². The van der Waals surface area contributed by atoms with Gasteiger partial charge >= 0.3 is 6.18 Å². The van der Waals surface area contributed by atoms with Gasteiger partial charge in [0.25, 0.3) is 11.8 Å². The highest BCUT2D eigenvalue weighted by Crippen LogP contribution is 2.33. The molecule has 0 atom stereocenters. The predicted octanol–water partition coefficient (Wildman–Crippen LogP) is 3.74. The zero-order chi connectivity index (χ0) is 22.8. The van der Waals surface area contributed by atoms with Crippen LogP contribution >= 0.6 is 0 Å². The van der Waals surface area contributed by atoms with E-state index in [0.29, 0.717) is 16.8 Å². The number of rotatable bonds is 5. The summed E-state index contributed by atoms with van der Waals surface area (Å²) < 4.78 is 54.7. The number of benzene rings is 2. The smallest absolute Gasteiger partial charge is 0.352 e. The van der Waals surface area contributed by atoms with E-state index in [-0.39, 0.29) is 16.9 Å². The molecule has 162 valence electrons. The molecule has 2 amide bonds. The highest BCUT2D eigenvalue weighted by Gasteiger charge is 2.42. The third-order valence-corrected chi connectivity index (χ3v) is 4.31. The van der Waals surface area contributed by atoms with E-state index >= 15 is 0 Å². The van der Waals surface area contributed by atoms with E-state index in [1.165, 1.54) is 12.1 Å². The van der Waals surface area contributed by atoms with E-state index in [9.17, 15) is 27.2 Å². The molecule has 0 aliphatic carbocycles. The van der Waals surface area contributed by atoms with E-state index in [2.05, 4.69) is 20.9 Å². The summed E-state index contributed by atoms with van der Waals surface area (Å²) in [5, 5.41) is 11.8. The molecule has 0 radical (unpaired) electrons. The van der Waals surface area contributed by atoms with Gasteiger partial charge in [0, 0.05) is 17.8 Å². The fourth-order valence-electron chi connectivity index (χ4n) is 2.79. The predicted molar refractivity (Wildman–Crippen MR) is 103 cm³/mol. The second-order valence-electron chi connectivity index (χ2n) is 6.52. The standard InChI is InChI=1S/C20H17F4N5O2/c1-3-25-18(30)12-5-4-11(2)15(10-12)26-19(31)16-17(20(22,23)24)29(28-27-16)14-8-6-13(21)7-9-14/h4-10H,3H2,1-2H3,(H,25,30)(H,26,31). The number of aromatic nitrogens is 3. The SMILES string of the molecule is CCNC(=O)c1ccc(C)c(NC(=O)c2nnn(-c3ccc(F)cc3)c2C(F)(F)F)c1. The molecular weight excluding hydrogens is 418 g/mol. The van der Waals surface area contributed by atoms with Crippen molar-refractivity contribution in [3.8, 4) is 5.69 Å². The number of amides is 2. The molecule has 2 N–H and O–H groups in total. The average molecular weight is 435 g/mol. The number of nitrogens with zero attached hydrogens (tertiary/aromatic N) is 3. The van der Waals surface area contributed by atoms with Gasteiger partial charge in [-0.15, -0.1) is 5.10 Å². The molecule has 1 aromatic heterocycles. The minimum absolute atomic E-state index is 0.116. The molecule has 11 heteroatoms. The van der Waals surface area contributed by atoms with Crippen molar-refractivity contribution in [2.75, 3.05) is 11.9 Å². The molecule has 3 aromatic rings. The van der Waals surface area contributed by atoms with Gasteiger partial charge in [0.15, 0.2) is 11.4 Å². The number of nitrogens with one attached hydrogen (secondary N) is 2. The van der Waals surface area contributed by atoms with Crippen molar-refractivity contribution in [2.24, 2.45) is 0 Å². The van der Waals surface area contributed by atoms with Crippen LogP contribution in [0.4, 0.5) is 23.2 Å². The van der Waals surface area contributed by atoms with Gasteiger partial charge in [0.05, 0.1) is 5.69 Å². The van der Waals surface area contributed by atoms with Crippen LogP contribution in [0.5, 0.6) is 0 Å². The number of hydrogen-bond donors (Lipinski definition) is 2. The molecule has 0 aliphatic rings. The van der Waals surface area contributed by atoms with Crippen molar-refractivity contribution in [1.29, 1.82) is 0 Å². The lowest BCUT2D eigenvalue weighted by Crippen LogP contribution is -2.23. The molecule has 2 aromatic carbocycles. The van der Waals surface area contributed by atoms with Gasteiger partial charge in [-0.1, -0.05) is 11.3 Å². The van der Waals surface area contributed by atoms with Gasteiger partial charge in [0.2, 0.25) is 0 Å². The second kappa shape index (κ2) is 8.54. The molecule has 0 saturated heterocycles. The molecule has 0 bridgehead atoms. The maximum Gasteiger partial charge on any atom is 0.435 e. The Morgan fingerprint density at radius 3 is 2.35 bits per heavy atom. The van der Waals surface area contributed by atoms with E-state index in [1.807, 2.05) is 0 Å². The lowest BCUT2D eigenvalue weighted by molar-refractivity contribution is -0.143. The topological polar surface area (TPSA) is 88.9 Å². The Morgan fingerprint density at radius 2 is 1.74 bits per heavy atom. The van der Waals surface area contributed by atoms with Crippen LogP contribution < -0.4 is 10.6 Å². The molecule has 0 unspecified atom stereocenters. The maximum atomic E-state index is 13.7. The Balaban J connectivity index is 1.98. The number of halogens is 4. The molecule has 0 aliphatic heterocycles. The number of anilines is 1. The van der Waals surface area contributed by atoms with Crippen LogP contribution in [0.15, 0.2) is 42.5 Å². The molecule has 7 nitrogen and oxygen atoms in total. The molecule has 0 spiro atoms. The largest absolute Gasteiger partial charge is 0.435 e. The summed E-state index contributed by atoms with van der Waals surface area (Å²) in [5.41, 5.74) is -1.57. The van der Waals surface area contributed by atoms with E-state index < -0.39 is 35.2 Å². The summed E-state index contributed by atoms with van der Waals surface area (Å²) >= 11 is 0. The average Bonchev–Trinajstić information content (AvgIpc) is 3.16. The summed E-state index contributed by atoms with van der Waals surface area (Å²) in [5.74, 6) is -2.19. The Kier molecular flexibility index (Phi) is 6.04. The number of alkyl halides is 3. The zero-order valence-corrected chi connectivity index (χ0v) is 16.4. The molecule has 0 fully saturated rings. The summed E-state index contributed by atoms with van der Waals surface area (Å²) in [4.78, 5) is 24.7. The van der Waals surface area contributed by atoms with Crippen LogP contribution in [0.2, 0.25) is 0 Å². The number of aryl methyl sites for hydroxylation is 1. The first-order chi connectivity index (χ1) is 14.6. The first kappa shape index (κ1) is 21.9. The van der Waals surface area contributed by atoms with Gasteiger partial charge in [-0.2, -0.15) is 13.2 Å². The third-order valence-electron chi connectivity index (χ3n) is 4.31. The van der Waals surface area contributed by atoms with Crippen molar-refractivity contribution >= 4 is 17.5 Å². The Labute approximate surface area is 174 Å². The molecule has 3 rings (SSSR count). The van der Waals surface area contributed by atoms with Crippen LogP contribution in [0.25, 0.3) is 5.69 Å². The van der Waals surface area contributed by atoms with Gasteiger partial charge in [0.1, 0.15) is 5.82 Å². The van der Waals surface area contributed by atoms with Crippen LogP contribution in [0.1, 0.15) is 39.0 Å². The minimum Gasteiger partial charge on any atom is -0.352 e. The van der Waals surface area contributed by atoms with Crippen molar-refractivity contribution in [2.45, 2.75) is 20.0 Å². The number of carbonyl (C=O) groups excluding carboxylic acids is 2. The summed E-state index contributed by atoms with van der Waals surface area (Å²) in [7, 11) is 0. The first-order valence-corrected chi connectivity index (χ1v) is 9.11. The molecule has 31 heavy (non-hydrogen) atoms. The molecular formula is C20H17F4N5O2. The molecule has 0 saturated carbocycles. The highest BCUT2D eigenvalue weighted by molar-refractivity contribution is 6.05. The van der Waals surface area contributed by atoms with Crippen molar-refractivity contribution in [3.05, 3.63) is 70.8 Å². The minimum atomic E-state index is -4.97. The normalized spacial score (nSPS) is 11.3. The summed E-state index contributed by atoms with van der Waals surface area (Å²) in [6, 6.07) is 8.54. The fourth-order valence-corrected chi connectivity index (χ4v) is 2.79. The van der Waals surface area contributed by atoms with E-state index in [1.54, 1.807) is 19.9 Å². The Hall–Kier alpha value is -3.76. The van der Waals surface area contributed by atoms with Crippen LogP contribution in [-0.2, 0) is 6.18 Å². The van der Waals surface area contributed by atoms with E-state index in [0.717, 1.165) is 24.3 Å². The monoisotopic (exact) mass is 435 g/mol. The quantitative estimate of drug-likeness (QED) is 0.598. The molecule has 1 heterocycles. The van der Waals surface area contributed by atoms with Crippen molar-refractivity contribution in [1.82, 2.24) is 20.3 Å². The van der Waals surface area contributed by atoms with E-state index in [4.69, 9.17) is 0 Å². The van der Waals surface area contributed by atoms with Crippen molar-refractivity contribution in [3.63, 3.8) is 0 Å². The number of hydrogen-bond acceptors (Lipinski definition) is 4. The van der Waals surface area contributed by atoms with Crippen molar-refractivity contribution < 1.29 is 27.2 Å². The van der Waals surface area contributed by atoms with Crippen LogP contribution in [0.3, 0.4) is 0 Å². The first-order valence-electron chi connectivity index (χ1n) is 9.11. The highest BCUT2D eigenvalue weighted by atomic mass is 19.4. The Morgan fingerprint density at radius 1 is 1.06 bits per heavy atom. The maximum absolute atomic E-state index is 13.7. The lowest BCUT2D eigenvalue weighted by Gasteiger charge is -2.13. The van der Waals surface area contributed by atoms with Gasteiger partial charge < -0.3 is 10.6 Å².